The van der Waals surface area contributed by atoms with E-state index >= 15 is 0 Å². The number of carbonyl (C=O) groups excluding carboxylic acids is 1. The van der Waals surface area contributed by atoms with Gasteiger partial charge >= 0.3 is 0 Å². The monoisotopic (exact) mass is 312 g/mol. The number of para-hydroxylation sites is 1. The highest BCUT2D eigenvalue weighted by Gasteiger charge is 2.12. The zero-order valence-corrected chi connectivity index (χ0v) is 14.2. The Morgan fingerprint density at radius 2 is 1.96 bits per heavy atom. The van der Waals surface area contributed by atoms with Gasteiger partial charge in [-0.25, -0.2) is 9.97 Å². The third kappa shape index (κ3) is 4.77. The summed E-state index contributed by atoms with van der Waals surface area (Å²) in [6, 6.07) is 9.50. The molecule has 1 heterocycles. The molecular formula is C18H24N4O. The Balaban J connectivity index is 2.18. The Bertz CT molecular complexity index is 682. The van der Waals surface area contributed by atoms with E-state index in [0.717, 1.165) is 29.9 Å². The van der Waals surface area contributed by atoms with Crippen LogP contribution < -0.4 is 10.6 Å². The molecule has 0 aliphatic heterocycles. The van der Waals surface area contributed by atoms with Crippen molar-refractivity contribution in [1.29, 1.82) is 0 Å². The summed E-state index contributed by atoms with van der Waals surface area (Å²) in [6.45, 7) is 8.91. The van der Waals surface area contributed by atoms with Crippen LogP contribution in [-0.4, -0.2) is 22.4 Å². The molecular weight excluding hydrogens is 288 g/mol. The highest BCUT2D eigenvalue weighted by Crippen LogP contribution is 2.17. The largest absolute Gasteiger partial charge is 0.354 e. The van der Waals surface area contributed by atoms with Gasteiger partial charge in [0.1, 0.15) is 5.69 Å². The molecule has 0 aliphatic rings. The number of amides is 1. The Hall–Kier alpha value is -2.43. The molecule has 0 fully saturated rings. The van der Waals surface area contributed by atoms with E-state index in [1.54, 1.807) is 6.07 Å². The molecule has 23 heavy (non-hydrogen) atoms. The van der Waals surface area contributed by atoms with Crippen molar-refractivity contribution in [3.05, 3.63) is 47.3 Å². The average Bonchev–Trinajstić information content (AvgIpc) is 2.53. The lowest BCUT2D eigenvalue weighted by Crippen LogP contribution is -2.18. The first-order chi connectivity index (χ1) is 11.0. The Kier molecular flexibility index (Phi) is 5.68. The van der Waals surface area contributed by atoms with Gasteiger partial charge in [-0.05, 0) is 37.0 Å². The number of aromatic nitrogens is 2. The number of rotatable bonds is 6. The van der Waals surface area contributed by atoms with Crippen LogP contribution in [0, 0.1) is 12.8 Å². The van der Waals surface area contributed by atoms with Crippen molar-refractivity contribution < 1.29 is 4.79 Å². The van der Waals surface area contributed by atoms with Crippen molar-refractivity contribution in [2.24, 2.45) is 5.92 Å². The highest BCUT2D eigenvalue weighted by atomic mass is 16.1. The lowest BCUT2D eigenvalue weighted by atomic mass is 10.1. The van der Waals surface area contributed by atoms with Gasteiger partial charge in [-0.3, -0.25) is 4.79 Å². The van der Waals surface area contributed by atoms with E-state index in [-0.39, 0.29) is 5.91 Å². The van der Waals surface area contributed by atoms with Crippen LogP contribution in [0.25, 0.3) is 0 Å². The maximum Gasteiger partial charge on any atom is 0.274 e. The van der Waals surface area contributed by atoms with Crippen LogP contribution in [0.3, 0.4) is 0 Å². The molecule has 0 saturated heterocycles. The summed E-state index contributed by atoms with van der Waals surface area (Å²) in [5.41, 5.74) is 3.06. The first-order valence-electron chi connectivity index (χ1n) is 7.98. The third-order valence-corrected chi connectivity index (χ3v) is 3.40. The van der Waals surface area contributed by atoms with Crippen molar-refractivity contribution in [2.45, 2.75) is 34.1 Å². The highest BCUT2D eigenvalue weighted by molar-refractivity contribution is 6.03. The van der Waals surface area contributed by atoms with Gasteiger partial charge in [-0.2, -0.15) is 0 Å². The van der Waals surface area contributed by atoms with Gasteiger partial charge in [-0.15, -0.1) is 0 Å². The maximum absolute atomic E-state index is 12.5. The van der Waals surface area contributed by atoms with Gasteiger partial charge < -0.3 is 10.6 Å². The Labute approximate surface area is 137 Å². The maximum atomic E-state index is 12.5. The van der Waals surface area contributed by atoms with Gasteiger partial charge in [0.05, 0.1) is 0 Å². The SMILES string of the molecule is CCc1ccccc1NC(=O)c1cc(C)nc(NCC(C)C)n1. The molecule has 0 atom stereocenters. The minimum atomic E-state index is -0.219. The molecule has 5 nitrogen and oxygen atoms in total. The third-order valence-electron chi connectivity index (χ3n) is 3.40. The normalized spacial score (nSPS) is 10.7. The summed E-state index contributed by atoms with van der Waals surface area (Å²) in [5, 5.41) is 6.10. The van der Waals surface area contributed by atoms with Crippen LogP contribution in [0.2, 0.25) is 0 Å². The standard InChI is InChI=1S/C18H24N4O/c1-5-14-8-6-7-9-15(14)21-17(23)16-10-13(4)20-18(22-16)19-11-12(2)3/h6-10,12H,5,11H2,1-4H3,(H,21,23)(H,19,20,22). The molecule has 122 valence electrons. The van der Waals surface area contributed by atoms with Gasteiger partial charge in [0.15, 0.2) is 0 Å². The van der Waals surface area contributed by atoms with Crippen molar-refractivity contribution >= 4 is 17.5 Å². The van der Waals surface area contributed by atoms with E-state index in [0.29, 0.717) is 17.6 Å². The number of nitrogens with zero attached hydrogens (tertiary/aromatic N) is 2. The molecule has 1 amide bonds. The van der Waals surface area contributed by atoms with E-state index in [1.807, 2.05) is 31.2 Å². The molecule has 0 bridgehead atoms. The predicted molar refractivity (Wildman–Crippen MR) is 93.9 cm³/mol. The minimum Gasteiger partial charge on any atom is -0.354 e. The predicted octanol–water partition coefficient (Wildman–Crippen LogP) is 3.67. The van der Waals surface area contributed by atoms with Gasteiger partial charge in [0, 0.05) is 17.9 Å². The summed E-state index contributed by atoms with van der Waals surface area (Å²) in [5.74, 6) is 0.754. The van der Waals surface area contributed by atoms with E-state index in [2.05, 4.69) is 41.4 Å². The molecule has 0 radical (unpaired) electrons. The summed E-state index contributed by atoms with van der Waals surface area (Å²) in [7, 11) is 0. The fourth-order valence-corrected chi connectivity index (χ4v) is 2.20. The summed E-state index contributed by atoms with van der Waals surface area (Å²) in [4.78, 5) is 21.1. The molecule has 1 aromatic heterocycles. The van der Waals surface area contributed by atoms with E-state index in [9.17, 15) is 4.79 Å². The van der Waals surface area contributed by atoms with Gasteiger partial charge in [0.25, 0.3) is 5.91 Å². The van der Waals surface area contributed by atoms with Crippen LogP contribution in [0.4, 0.5) is 11.6 Å². The first-order valence-corrected chi connectivity index (χ1v) is 7.98. The number of nitrogens with one attached hydrogen (secondary N) is 2. The molecule has 5 heteroatoms. The summed E-state index contributed by atoms with van der Waals surface area (Å²) < 4.78 is 0. The lowest BCUT2D eigenvalue weighted by molar-refractivity contribution is 0.102. The molecule has 2 rings (SSSR count). The van der Waals surface area contributed by atoms with Crippen molar-refractivity contribution in [2.75, 3.05) is 17.2 Å². The fourth-order valence-electron chi connectivity index (χ4n) is 2.20. The van der Waals surface area contributed by atoms with E-state index in [4.69, 9.17) is 0 Å². The Morgan fingerprint density at radius 3 is 2.65 bits per heavy atom. The first kappa shape index (κ1) is 16.9. The lowest BCUT2D eigenvalue weighted by Gasteiger charge is -2.11. The van der Waals surface area contributed by atoms with Crippen molar-refractivity contribution in [1.82, 2.24) is 9.97 Å². The molecule has 0 saturated carbocycles. The van der Waals surface area contributed by atoms with E-state index < -0.39 is 0 Å². The van der Waals surface area contributed by atoms with Crippen LogP contribution in [0.1, 0.15) is 42.5 Å². The Morgan fingerprint density at radius 1 is 1.22 bits per heavy atom. The minimum absolute atomic E-state index is 0.219. The molecule has 0 unspecified atom stereocenters. The number of hydrogen-bond acceptors (Lipinski definition) is 4. The molecule has 2 aromatic rings. The quantitative estimate of drug-likeness (QED) is 0.854. The molecule has 2 N–H and O–H groups in total. The second-order valence-corrected chi connectivity index (χ2v) is 5.96. The van der Waals surface area contributed by atoms with Crippen LogP contribution in [0.5, 0.6) is 0 Å². The van der Waals surface area contributed by atoms with Crippen LogP contribution in [0.15, 0.2) is 30.3 Å². The fraction of sp³-hybridized carbons (Fsp3) is 0.389. The van der Waals surface area contributed by atoms with Crippen LogP contribution >= 0.6 is 0 Å². The summed E-state index contributed by atoms with van der Waals surface area (Å²) in [6.07, 6.45) is 0.862. The molecule has 1 aromatic carbocycles. The number of benzene rings is 1. The molecule has 0 spiro atoms. The second kappa shape index (κ2) is 7.72. The van der Waals surface area contributed by atoms with Gasteiger partial charge in [0.2, 0.25) is 5.95 Å². The van der Waals surface area contributed by atoms with E-state index in [1.165, 1.54) is 0 Å². The van der Waals surface area contributed by atoms with Crippen molar-refractivity contribution in [3.8, 4) is 0 Å². The number of aryl methyl sites for hydroxylation is 2. The second-order valence-electron chi connectivity index (χ2n) is 5.96. The number of carbonyl (C=O) groups is 1. The average molecular weight is 312 g/mol. The zero-order valence-electron chi connectivity index (χ0n) is 14.2. The van der Waals surface area contributed by atoms with Crippen LogP contribution in [-0.2, 0) is 6.42 Å². The summed E-state index contributed by atoms with van der Waals surface area (Å²) >= 11 is 0. The smallest absolute Gasteiger partial charge is 0.274 e. The topological polar surface area (TPSA) is 66.9 Å². The number of anilines is 2. The van der Waals surface area contributed by atoms with Gasteiger partial charge in [-0.1, -0.05) is 39.0 Å². The van der Waals surface area contributed by atoms with Crippen molar-refractivity contribution in [3.63, 3.8) is 0 Å². The molecule has 0 aliphatic carbocycles. The number of hydrogen-bond donors (Lipinski definition) is 2. The zero-order chi connectivity index (χ0) is 16.8.